The van der Waals surface area contributed by atoms with E-state index in [1.165, 1.54) is 6.08 Å². The van der Waals surface area contributed by atoms with Gasteiger partial charge in [0.2, 0.25) is 5.91 Å². The molecule has 0 atom stereocenters. The molecule has 1 N–H and O–H groups in total. The molecule has 0 spiro atoms. The van der Waals surface area contributed by atoms with Gasteiger partial charge in [-0.05, 0) is 30.2 Å². The first-order chi connectivity index (χ1) is 11.2. The van der Waals surface area contributed by atoms with Crippen LogP contribution in [0.1, 0.15) is 12.0 Å². The SMILES string of the molecule is COc1ccc(/C=C/C(=O)NCCCn2ccnc2)cc1OC. The Kier molecular flexibility index (Phi) is 6.23. The average Bonchev–Trinajstić information content (AvgIpc) is 3.10. The van der Waals surface area contributed by atoms with Gasteiger partial charge in [-0.2, -0.15) is 0 Å². The van der Waals surface area contributed by atoms with Crippen molar-refractivity contribution in [3.05, 3.63) is 48.6 Å². The number of nitrogens with one attached hydrogen (secondary N) is 1. The first-order valence-corrected chi connectivity index (χ1v) is 7.36. The number of carbonyl (C=O) groups is 1. The Morgan fingerprint density at radius 3 is 2.83 bits per heavy atom. The minimum Gasteiger partial charge on any atom is -0.493 e. The van der Waals surface area contributed by atoms with Crippen LogP contribution in [-0.2, 0) is 11.3 Å². The Bertz CT molecular complexity index is 651. The molecule has 23 heavy (non-hydrogen) atoms. The molecule has 0 aliphatic rings. The molecule has 0 radical (unpaired) electrons. The van der Waals surface area contributed by atoms with Gasteiger partial charge in [0.15, 0.2) is 11.5 Å². The zero-order valence-corrected chi connectivity index (χ0v) is 13.4. The van der Waals surface area contributed by atoms with E-state index in [1.807, 2.05) is 29.0 Å². The van der Waals surface area contributed by atoms with Gasteiger partial charge in [0, 0.05) is 31.6 Å². The maximum absolute atomic E-state index is 11.8. The molecule has 1 heterocycles. The van der Waals surface area contributed by atoms with Crippen molar-refractivity contribution in [1.82, 2.24) is 14.9 Å². The quantitative estimate of drug-likeness (QED) is 0.598. The molecule has 2 aromatic rings. The van der Waals surface area contributed by atoms with E-state index in [-0.39, 0.29) is 5.91 Å². The number of aryl methyl sites for hydroxylation is 1. The van der Waals surface area contributed by atoms with Crippen molar-refractivity contribution in [2.75, 3.05) is 20.8 Å². The number of amides is 1. The lowest BCUT2D eigenvalue weighted by Gasteiger charge is -2.07. The minimum atomic E-state index is -0.120. The largest absolute Gasteiger partial charge is 0.493 e. The third-order valence-corrected chi connectivity index (χ3v) is 3.29. The van der Waals surface area contributed by atoms with Crippen LogP contribution in [0.4, 0.5) is 0 Å². The van der Waals surface area contributed by atoms with Crippen molar-refractivity contribution in [3.63, 3.8) is 0 Å². The third-order valence-electron chi connectivity index (χ3n) is 3.29. The van der Waals surface area contributed by atoms with Crippen molar-refractivity contribution < 1.29 is 14.3 Å². The molecule has 0 saturated carbocycles. The van der Waals surface area contributed by atoms with Crippen LogP contribution >= 0.6 is 0 Å². The summed E-state index contributed by atoms with van der Waals surface area (Å²) in [6, 6.07) is 5.49. The van der Waals surface area contributed by atoms with Crippen LogP contribution in [0.15, 0.2) is 43.0 Å². The molecule has 1 aromatic heterocycles. The highest BCUT2D eigenvalue weighted by Gasteiger charge is 2.03. The molecular formula is C17H21N3O3. The van der Waals surface area contributed by atoms with Gasteiger partial charge in [-0.25, -0.2) is 4.98 Å². The molecule has 0 bridgehead atoms. The molecule has 6 nitrogen and oxygen atoms in total. The number of imidazole rings is 1. The van der Waals surface area contributed by atoms with E-state index in [2.05, 4.69) is 10.3 Å². The fourth-order valence-electron chi connectivity index (χ4n) is 2.08. The molecular weight excluding hydrogens is 294 g/mol. The lowest BCUT2D eigenvalue weighted by Crippen LogP contribution is -2.22. The lowest BCUT2D eigenvalue weighted by molar-refractivity contribution is -0.116. The van der Waals surface area contributed by atoms with Gasteiger partial charge in [0.05, 0.1) is 20.5 Å². The summed E-state index contributed by atoms with van der Waals surface area (Å²) in [6.07, 6.45) is 9.51. The second-order valence-corrected chi connectivity index (χ2v) is 4.89. The van der Waals surface area contributed by atoms with Gasteiger partial charge < -0.3 is 19.4 Å². The summed E-state index contributed by atoms with van der Waals surface area (Å²) < 4.78 is 12.4. The standard InChI is InChI=1S/C17H21N3O3/c1-22-15-6-4-14(12-16(15)23-2)5-7-17(21)19-8-3-10-20-11-9-18-13-20/h4-7,9,11-13H,3,8,10H2,1-2H3,(H,19,21)/b7-5+. The Morgan fingerprint density at radius 2 is 2.13 bits per heavy atom. The van der Waals surface area contributed by atoms with Crippen LogP contribution in [0.5, 0.6) is 11.5 Å². The number of ether oxygens (including phenoxy) is 2. The van der Waals surface area contributed by atoms with Gasteiger partial charge in [-0.15, -0.1) is 0 Å². The van der Waals surface area contributed by atoms with Gasteiger partial charge in [0.1, 0.15) is 0 Å². The number of rotatable bonds is 8. The second kappa shape index (κ2) is 8.63. The van der Waals surface area contributed by atoms with Crippen molar-refractivity contribution in [2.24, 2.45) is 0 Å². The summed E-state index contributed by atoms with van der Waals surface area (Å²) in [5, 5.41) is 2.85. The topological polar surface area (TPSA) is 65.4 Å². The second-order valence-electron chi connectivity index (χ2n) is 4.89. The van der Waals surface area contributed by atoms with Gasteiger partial charge in [-0.1, -0.05) is 6.07 Å². The molecule has 0 saturated heterocycles. The summed E-state index contributed by atoms with van der Waals surface area (Å²) in [6.45, 7) is 1.45. The maximum Gasteiger partial charge on any atom is 0.244 e. The van der Waals surface area contributed by atoms with E-state index in [9.17, 15) is 4.79 Å². The van der Waals surface area contributed by atoms with Crippen LogP contribution < -0.4 is 14.8 Å². The highest BCUT2D eigenvalue weighted by Crippen LogP contribution is 2.27. The zero-order chi connectivity index (χ0) is 16.5. The molecule has 1 amide bonds. The van der Waals surface area contributed by atoms with Crippen molar-refractivity contribution >= 4 is 12.0 Å². The molecule has 0 fully saturated rings. The van der Waals surface area contributed by atoms with E-state index in [0.717, 1.165) is 18.5 Å². The predicted octanol–water partition coefficient (Wildman–Crippen LogP) is 2.12. The highest BCUT2D eigenvalue weighted by molar-refractivity contribution is 5.91. The van der Waals surface area contributed by atoms with E-state index in [4.69, 9.17) is 9.47 Å². The Morgan fingerprint density at radius 1 is 1.30 bits per heavy atom. The van der Waals surface area contributed by atoms with Gasteiger partial charge in [0.25, 0.3) is 0 Å². The van der Waals surface area contributed by atoms with Crippen LogP contribution in [0.25, 0.3) is 6.08 Å². The Balaban J connectivity index is 1.79. The van der Waals surface area contributed by atoms with Crippen LogP contribution in [-0.4, -0.2) is 36.2 Å². The summed E-state index contributed by atoms with van der Waals surface area (Å²) in [5.41, 5.74) is 0.871. The number of methoxy groups -OCH3 is 2. The predicted molar refractivity (Wildman–Crippen MR) is 88.4 cm³/mol. The normalized spacial score (nSPS) is 10.7. The molecule has 0 aliphatic carbocycles. The lowest BCUT2D eigenvalue weighted by atomic mass is 10.2. The fraction of sp³-hybridized carbons (Fsp3) is 0.294. The minimum absolute atomic E-state index is 0.120. The Labute approximate surface area is 135 Å². The number of benzene rings is 1. The molecule has 0 aliphatic heterocycles. The molecule has 6 heteroatoms. The van der Waals surface area contributed by atoms with Crippen molar-refractivity contribution in [2.45, 2.75) is 13.0 Å². The first-order valence-electron chi connectivity index (χ1n) is 7.36. The zero-order valence-electron chi connectivity index (χ0n) is 13.4. The first kappa shape index (κ1) is 16.6. The van der Waals surface area contributed by atoms with Crippen LogP contribution in [0.2, 0.25) is 0 Å². The number of carbonyl (C=O) groups excluding carboxylic acids is 1. The van der Waals surface area contributed by atoms with E-state index in [0.29, 0.717) is 18.0 Å². The highest BCUT2D eigenvalue weighted by atomic mass is 16.5. The summed E-state index contributed by atoms with van der Waals surface area (Å²) in [7, 11) is 3.17. The molecule has 122 valence electrons. The Hall–Kier alpha value is -2.76. The van der Waals surface area contributed by atoms with Crippen molar-refractivity contribution in [3.8, 4) is 11.5 Å². The average molecular weight is 315 g/mol. The number of hydrogen-bond acceptors (Lipinski definition) is 4. The number of hydrogen-bond donors (Lipinski definition) is 1. The van der Waals surface area contributed by atoms with E-state index in [1.54, 1.807) is 32.8 Å². The third kappa shape index (κ3) is 5.18. The van der Waals surface area contributed by atoms with Gasteiger partial charge >= 0.3 is 0 Å². The molecule has 2 rings (SSSR count). The number of aromatic nitrogens is 2. The summed E-state index contributed by atoms with van der Waals surface area (Å²) in [4.78, 5) is 15.8. The maximum atomic E-state index is 11.8. The van der Waals surface area contributed by atoms with E-state index < -0.39 is 0 Å². The number of nitrogens with zero attached hydrogens (tertiary/aromatic N) is 2. The van der Waals surface area contributed by atoms with Crippen molar-refractivity contribution in [1.29, 1.82) is 0 Å². The smallest absolute Gasteiger partial charge is 0.244 e. The van der Waals surface area contributed by atoms with Crippen LogP contribution in [0.3, 0.4) is 0 Å². The van der Waals surface area contributed by atoms with E-state index >= 15 is 0 Å². The van der Waals surface area contributed by atoms with Gasteiger partial charge in [-0.3, -0.25) is 4.79 Å². The summed E-state index contributed by atoms with van der Waals surface area (Å²) >= 11 is 0. The van der Waals surface area contributed by atoms with Crippen LogP contribution in [0, 0.1) is 0 Å². The fourth-order valence-corrected chi connectivity index (χ4v) is 2.08. The molecule has 0 unspecified atom stereocenters. The monoisotopic (exact) mass is 315 g/mol. The molecule has 1 aromatic carbocycles. The summed E-state index contributed by atoms with van der Waals surface area (Å²) in [5.74, 6) is 1.18.